The Morgan fingerprint density at radius 1 is 1.37 bits per heavy atom. The average Bonchev–Trinajstić information content (AvgIpc) is 3.15. The first kappa shape index (κ1) is 19.4. The van der Waals surface area contributed by atoms with Gasteiger partial charge in [0.25, 0.3) is 0 Å². The van der Waals surface area contributed by atoms with Gasteiger partial charge in [-0.2, -0.15) is 0 Å². The van der Waals surface area contributed by atoms with Crippen molar-refractivity contribution in [2.45, 2.75) is 32.3 Å². The van der Waals surface area contributed by atoms with Crippen LogP contribution < -0.4 is 0 Å². The predicted octanol–water partition coefficient (Wildman–Crippen LogP) is 6.05. The quantitative estimate of drug-likeness (QED) is 0.634. The number of rotatable bonds is 7. The van der Waals surface area contributed by atoms with Crippen LogP contribution in [0.1, 0.15) is 37.4 Å². The first-order valence-corrected chi connectivity index (χ1v) is 9.56. The second-order valence-corrected chi connectivity index (χ2v) is 6.97. The van der Waals surface area contributed by atoms with E-state index in [2.05, 4.69) is 24.6 Å². The van der Waals surface area contributed by atoms with Crippen LogP contribution in [0.5, 0.6) is 5.75 Å². The van der Waals surface area contributed by atoms with E-state index < -0.39 is 0 Å². The monoisotopic (exact) mass is 381 g/mol. The number of nitrogens with zero attached hydrogens (tertiary/aromatic N) is 1. The van der Waals surface area contributed by atoms with Crippen molar-refractivity contribution in [2.24, 2.45) is 0 Å². The van der Waals surface area contributed by atoms with Crippen molar-refractivity contribution in [3.8, 4) is 5.75 Å². The van der Waals surface area contributed by atoms with Crippen LogP contribution in [0, 0.1) is 0 Å². The fourth-order valence-corrected chi connectivity index (χ4v) is 3.45. The molecule has 27 heavy (non-hydrogen) atoms. The summed E-state index contributed by atoms with van der Waals surface area (Å²) in [5.41, 5.74) is 5.22. The molecule has 2 aromatic rings. The largest absolute Gasteiger partial charge is 0.508 e. The lowest BCUT2D eigenvalue weighted by atomic mass is 9.94. The molecule has 0 fully saturated rings. The first-order chi connectivity index (χ1) is 13.1. The minimum absolute atomic E-state index is 0.0693. The maximum absolute atomic E-state index is 9.59. The molecule has 0 saturated heterocycles. The number of phenols is 1. The van der Waals surface area contributed by atoms with Gasteiger partial charge in [0.15, 0.2) is 0 Å². The zero-order valence-electron chi connectivity index (χ0n) is 15.5. The Balaban J connectivity index is 1.84. The zero-order chi connectivity index (χ0) is 19.2. The molecule has 0 aliphatic carbocycles. The van der Waals surface area contributed by atoms with E-state index in [9.17, 15) is 5.11 Å². The van der Waals surface area contributed by atoms with Crippen molar-refractivity contribution >= 4 is 23.3 Å². The van der Waals surface area contributed by atoms with Crippen molar-refractivity contribution in [3.05, 3.63) is 82.7 Å². The van der Waals surface area contributed by atoms with Crippen LogP contribution in [-0.2, 0) is 4.74 Å². The highest BCUT2D eigenvalue weighted by atomic mass is 35.5. The summed E-state index contributed by atoms with van der Waals surface area (Å²) in [7, 11) is 0. The fraction of sp³-hybridized carbons (Fsp3) is 0.261. The Kier molecular flexibility index (Phi) is 6.49. The van der Waals surface area contributed by atoms with Crippen molar-refractivity contribution in [1.29, 1.82) is 0 Å². The van der Waals surface area contributed by atoms with Gasteiger partial charge in [-0.05, 0) is 78.0 Å². The molecule has 0 spiro atoms. The normalized spacial score (nSPS) is 17.0. The molecular formula is C23H24ClNO2. The van der Waals surface area contributed by atoms with E-state index in [0.717, 1.165) is 41.7 Å². The molecule has 3 nitrogen and oxygen atoms in total. The van der Waals surface area contributed by atoms with Gasteiger partial charge in [-0.3, -0.25) is 4.98 Å². The Morgan fingerprint density at radius 3 is 2.93 bits per heavy atom. The Morgan fingerprint density at radius 2 is 2.22 bits per heavy atom. The van der Waals surface area contributed by atoms with Crippen molar-refractivity contribution in [3.63, 3.8) is 0 Å². The summed E-state index contributed by atoms with van der Waals surface area (Å²) in [6.07, 6.45) is 8.61. The molecule has 0 radical (unpaired) electrons. The van der Waals surface area contributed by atoms with Crippen LogP contribution in [-0.4, -0.2) is 22.8 Å². The van der Waals surface area contributed by atoms with E-state index in [4.69, 9.17) is 16.3 Å². The number of halogens is 1. The summed E-state index contributed by atoms with van der Waals surface area (Å²) in [5, 5.41) is 10.1. The number of aromatic nitrogens is 1. The standard InChI is InChI=1S/C23H24ClNO2/c1-3-16(2)20-11-13-27-23(20)10-8-18(22-6-4-5-12-25-22)14-17-7-9-19(26)15-21(17)24/h4-7,9,11-12,14-15,23,26H,2-3,8,10,13H2,1H3/b18-14-. The lowest BCUT2D eigenvalue weighted by molar-refractivity contribution is 0.117. The molecule has 1 N–H and O–H groups in total. The molecule has 0 saturated carbocycles. The summed E-state index contributed by atoms with van der Waals surface area (Å²) in [4.78, 5) is 4.50. The fourth-order valence-electron chi connectivity index (χ4n) is 3.22. The zero-order valence-corrected chi connectivity index (χ0v) is 16.2. The number of pyridine rings is 1. The summed E-state index contributed by atoms with van der Waals surface area (Å²) in [6.45, 7) is 6.92. The minimum Gasteiger partial charge on any atom is -0.508 e. The summed E-state index contributed by atoms with van der Waals surface area (Å²) in [6, 6.07) is 10.9. The van der Waals surface area contributed by atoms with Gasteiger partial charge in [0.05, 0.1) is 23.4 Å². The van der Waals surface area contributed by atoms with Crippen LogP contribution >= 0.6 is 11.6 Å². The van der Waals surface area contributed by atoms with E-state index in [0.29, 0.717) is 11.6 Å². The number of hydrogen-bond donors (Lipinski definition) is 1. The highest BCUT2D eigenvalue weighted by Gasteiger charge is 2.22. The van der Waals surface area contributed by atoms with E-state index in [1.54, 1.807) is 18.3 Å². The van der Waals surface area contributed by atoms with E-state index in [1.165, 1.54) is 5.57 Å². The average molecular weight is 382 g/mol. The van der Waals surface area contributed by atoms with Gasteiger partial charge in [0, 0.05) is 6.20 Å². The van der Waals surface area contributed by atoms with E-state index in [1.807, 2.05) is 30.3 Å². The van der Waals surface area contributed by atoms with Crippen LogP contribution in [0.15, 0.2) is 66.4 Å². The Hall–Kier alpha value is -2.36. The number of hydrogen-bond acceptors (Lipinski definition) is 3. The molecule has 140 valence electrons. The molecule has 0 amide bonds. The third kappa shape index (κ3) is 4.88. The van der Waals surface area contributed by atoms with Gasteiger partial charge in [0.2, 0.25) is 0 Å². The summed E-state index contributed by atoms with van der Waals surface area (Å²) in [5.74, 6) is 0.156. The second kappa shape index (κ2) is 9.03. The lowest BCUT2D eigenvalue weighted by Gasteiger charge is -2.17. The topological polar surface area (TPSA) is 42.4 Å². The molecule has 1 aliphatic rings. The third-order valence-corrected chi connectivity index (χ3v) is 5.09. The van der Waals surface area contributed by atoms with Crippen LogP contribution in [0.2, 0.25) is 5.02 Å². The predicted molar refractivity (Wildman–Crippen MR) is 112 cm³/mol. The van der Waals surface area contributed by atoms with Crippen LogP contribution in [0.25, 0.3) is 11.6 Å². The number of aromatic hydroxyl groups is 1. The maximum Gasteiger partial charge on any atom is 0.117 e. The molecule has 2 heterocycles. The second-order valence-electron chi connectivity index (χ2n) is 6.57. The molecule has 1 aliphatic heterocycles. The third-order valence-electron chi connectivity index (χ3n) is 4.77. The molecule has 1 unspecified atom stereocenters. The number of allylic oxidation sites excluding steroid dienone is 1. The van der Waals surface area contributed by atoms with E-state index >= 15 is 0 Å². The van der Waals surface area contributed by atoms with Crippen LogP contribution in [0.3, 0.4) is 0 Å². The molecule has 3 rings (SSSR count). The molecule has 1 aromatic carbocycles. The lowest BCUT2D eigenvalue weighted by Crippen LogP contribution is -2.11. The summed E-state index contributed by atoms with van der Waals surface area (Å²) >= 11 is 6.30. The molecule has 1 aromatic heterocycles. The van der Waals surface area contributed by atoms with Gasteiger partial charge in [0.1, 0.15) is 5.75 Å². The molecule has 4 heteroatoms. The van der Waals surface area contributed by atoms with Crippen molar-refractivity contribution in [1.82, 2.24) is 4.98 Å². The van der Waals surface area contributed by atoms with Crippen LogP contribution in [0.4, 0.5) is 0 Å². The number of ether oxygens (including phenoxy) is 1. The Labute approximate surface area is 165 Å². The van der Waals surface area contributed by atoms with Gasteiger partial charge in [-0.15, -0.1) is 0 Å². The highest BCUT2D eigenvalue weighted by Crippen LogP contribution is 2.32. The molecule has 1 atom stereocenters. The van der Waals surface area contributed by atoms with Gasteiger partial charge < -0.3 is 9.84 Å². The minimum atomic E-state index is 0.0693. The van der Waals surface area contributed by atoms with E-state index in [-0.39, 0.29) is 11.9 Å². The van der Waals surface area contributed by atoms with Gasteiger partial charge in [-0.25, -0.2) is 0 Å². The van der Waals surface area contributed by atoms with Gasteiger partial charge >= 0.3 is 0 Å². The maximum atomic E-state index is 9.59. The molecule has 0 bridgehead atoms. The number of benzene rings is 1. The van der Waals surface area contributed by atoms with Gasteiger partial charge in [-0.1, -0.05) is 37.2 Å². The highest BCUT2D eigenvalue weighted by molar-refractivity contribution is 6.32. The smallest absolute Gasteiger partial charge is 0.117 e. The van der Waals surface area contributed by atoms with Crippen molar-refractivity contribution in [2.75, 3.05) is 6.61 Å². The number of phenolic OH excluding ortho intramolecular Hbond substituents is 1. The Bertz CT molecular complexity index is 871. The summed E-state index contributed by atoms with van der Waals surface area (Å²) < 4.78 is 5.90. The SMILES string of the molecule is C=C(CC)C1=CCOC1CC/C(=C/c1ccc(O)cc1Cl)c1ccccn1. The van der Waals surface area contributed by atoms with Crippen molar-refractivity contribution < 1.29 is 9.84 Å². The first-order valence-electron chi connectivity index (χ1n) is 9.18. The molecular weight excluding hydrogens is 358 g/mol.